The van der Waals surface area contributed by atoms with Crippen LogP contribution in [0.25, 0.3) is 5.69 Å². The van der Waals surface area contributed by atoms with Crippen LogP contribution in [0.2, 0.25) is 0 Å². The minimum Gasteiger partial charge on any atom is -0.506 e. The van der Waals surface area contributed by atoms with E-state index in [0.29, 0.717) is 36.3 Å². The van der Waals surface area contributed by atoms with Crippen molar-refractivity contribution >= 4 is 21.7 Å². The highest BCUT2D eigenvalue weighted by molar-refractivity contribution is 7.89. The standard InChI is InChI=1S/C20H27N3O5S/c1-6-15-18(13(5)24)12(4)23(19(15)20(21)26)16-11-14(9-10-17(16)25)29(27,28)22(7-2)8-3/h9-11,25H,6-8H2,1-5H3,(H2,21,26). The summed E-state index contributed by atoms with van der Waals surface area (Å²) in [5.41, 5.74) is 6.96. The molecule has 0 aliphatic rings. The third-order valence-electron chi connectivity index (χ3n) is 4.98. The van der Waals surface area contributed by atoms with Crippen LogP contribution in [0, 0.1) is 6.92 Å². The van der Waals surface area contributed by atoms with Gasteiger partial charge in [0.05, 0.1) is 10.6 Å². The van der Waals surface area contributed by atoms with E-state index in [1.807, 2.05) is 0 Å². The fourth-order valence-corrected chi connectivity index (χ4v) is 5.16. The van der Waals surface area contributed by atoms with Gasteiger partial charge in [0.1, 0.15) is 11.4 Å². The Hall–Kier alpha value is -2.65. The Morgan fingerprint density at radius 3 is 2.21 bits per heavy atom. The fourth-order valence-electron chi connectivity index (χ4n) is 3.68. The average Bonchev–Trinajstić information content (AvgIpc) is 2.95. The van der Waals surface area contributed by atoms with Gasteiger partial charge in [-0.3, -0.25) is 9.59 Å². The Labute approximate surface area is 171 Å². The number of benzene rings is 1. The molecule has 9 heteroatoms. The molecule has 0 aliphatic carbocycles. The van der Waals surface area contributed by atoms with Gasteiger partial charge in [0.15, 0.2) is 5.78 Å². The van der Waals surface area contributed by atoms with Crippen LogP contribution >= 0.6 is 0 Å². The molecule has 3 N–H and O–H groups in total. The number of carbonyl (C=O) groups excluding carboxylic acids is 2. The van der Waals surface area contributed by atoms with Gasteiger partial charge in [-0.25, -0.2) is 8.42 Å². The van der Waals surface area contributed by atoms with E-state index in [9.17, 15) is 23.1 Å². The average molecular weight is 422 g/mol. The van der Waals surface area contributed by atoms with E-state index < -0.39 is 15.9 Å². The second-order valence-corrected chi connectivity index (χ2v) is 8.57. The van der Waals surface area contributed by atoms with Crippen molar-refractivity contribution in [2.24, 2.45) is 5.73 Å². The number of aromatic nitrogens is 1. The molecule has 2 aromatic rings. The van der Waals surface area contributed by atoms with Crippen LogP contribution < -0.4 is 5.73 Å². The molecule has 0 radical (unpaired) electrons. The molecular weight excluding hydrogens is 394 g/mol. The van der Waals surface area contributed by atoms with E-state index in [0.717, 1.165) is 0 Å². The van der Waals surface area contributed by atoms with E-state index in [1.165, 1.54) is 34.0 Å². The van der Waals surface area contributed by atoms with Crippen LogP contribution in [0.1, 0.15) is 59.8 Å². The van der Waals surface area contributed by atoms with Crippen molar-refractivity contribution in [2.75, 3.05) is 13.1 Å². The Balaban J connectivity index is 2.90. The number of phenols is 1. The summed E-state index contributed by atoms with van der Waals surface area (Å²) in [5, 5.41) is 10.5. The zero-order valence-corrected chi connectivity index (χ0v) is 18.1. The molecule has 1 amide bonds. The number of phenolic OH excluding ortho intramolecular Hbond substituents is 1. The predicted octanol–water partition coefficient (Wildman–Crippen LogP) is 2.39. The molecule has 0 atom stereocenters. The lowest BCUT2D eigenvalue weighted by Gasteiger charge is -2.20. The lowest BCUT2D eigenvalue weighted by Crippen LogP contribution is -2.30. The predicted molar refractivity (Wildman–Crippen MR) is 110 cm³/mol. The summed E-state index contributed by atoms with van der Waals surface area (Å²) in [7, 11) is -3.79. The second-order valence-electron chi connectivity index (χ2n) is 6.64. The van der Waals surface area contributed by atoms with E-state index in [1.54, 1.807) is 27.7 Å². The van der Waals surface area contributed by atoms with Crippen LogP contribution in [0.4, 0.5) is 0 Å². The second kappa shape index (κ2) is 8.38. The molecule has 0 fully saturated rings. The Bertz CT molecular complexity index is 1070. The van der Waals surface area contributed by atoms with Crippen LogP contribution in [0.3, 0.4) is 0 Å². The number of carbonyl (C=O) groups is 2. The Morgan fingerprint density at radius 1 is 1.17 bits per heavy atom. The lowest BCUT2D eigenvalue weighted by molar-refractivity contribution is 0.0991. The number of sulfonamides is 1. The maximum atomic E-state index is 12.9. The molecular formula is C20H27N3O5S. The Morgan fingerprint density at radius 2 is 1.76 bits per heavy atom. The quantitative estimate of drug-likeness (QED) is 0.634. The van der Waals surface area contributed by atoms with Crippen LogP contribution in [0.15, 0.2) is 23.1 Å². The molecule has 0 spiro atoms. The Kier molecular flexibility index (Phi) is 6.54. The highest BCUT2D eigenvalue weighted by Gasteiger charge is 2.29. The molecule has 158 valence electrons. The number of aromatic hydroxyl groups is 1. The topological polar surface area (TPSA) is 123 Å². The molecule has 29 heavy (non-hydrogen) atoms. The number of amides is 1. The molecule has 1 heterocycles. The molecule has 2 rings (SSSR count). The number of Topliss-reactive ketones (excluding diaryl/α,β-unsaturated/α-hetero) is 1. The van der Waals surface area contributed by atoms with Crippen molar-refractivity contribution < 1.29 is 23.1 Å². The van der Waals surface area contributed by atoms with Gasteiger partial charge in [-0.1, -0.05) is 20.8 Å². The van der Waals surface area contributed by atoms with Gasteiger partial charge >= 0.3 is 0 Å². The molecule has 1 aromatic heterocycles. The minimum absolute atomic E-state index is 0.0278. The largest absolute Gasteiger partial charge is 0.506 e. The first kappa shape index (κ1) is 22.6. The molecule has 0 aliphatic heterocycles. The third kappa shape index (κ3) is 3.79. The number of nitrogens with two attached hydrogens (primary N) is 1. The lowest BCUT2D eigenvalue weighted by atomic mass is 10.0. The first-order chi connectivity index (χ1) is 13.5. The van der Waals surface area contributed by atoms with Crippen LogP contribution in [-0.2, 0) is 16.4 Å². The molecule has 0 unspecified atom stereocenters. The van der Waals surface area contributed by atoms with E-state index in [2.05, 4.69) is 0 Å². The van der Waals surface area contributed by atoms with Gasteiger partial charge < -0.3 is 15.4 Å². The zero-order chi connectivity index (χ0) is 22.1. The summed E-state index contributed by atoms with van der Waals surface area (Å²) in [6, 6.07) is 3.86. The van der Waals surface area contributed by atoms with Gasteiger partial charge in [0, 0.05) is 24.3 Å². The summed E-state index contributed by atoms with van der Waals surface area (Å²) in [6.45, 7) is 8.86. The normalized spacial score (nSPS) is 11.8. The van der Waals surface area contributed by atoms with Crippen molar-refractivity contribution in [1.29, 1.82) is 0 Å². The maximum Gasteiger partial charge on any atom is 0.266 e. The molecule has 1 aromatic carbocycles. The van der Waals surface area contributed by atoms with E-state index in [4.69, 9.17) is 5.73 Å². The van der Waals surface area contributed by atoms with Gasteiger partial charge in [-0.05, 0) is 44.0 Å². The number of hydrogen-bond donors (Lipinski definition) is 2. The first-order valence-electron chi connectivity index (χ1n) is 9.41. The molecule has 0 saturated carbocycles. The summed E-state index contributed by atoms with van der Waals surface area (Å²) in [4.78, 5) is 24.4. The summed E-state index contributed by atoms with van der Waals surface area (Å²) >= 11 is 0. The van der Waals surface area contributed by atoms with E-state index in [-0.39, 0.29) is 27.8 Å². The first-order valence-corrected chi connectivity index (χ1v) is 10.8. The van der Waals surface area contributed by atoms with Gasteiger partial charge in [0.2, 0.25) is 10.0 Å². The fraction of sp³-hybridized carbons (Fsp3) is 0.400. The smallest absolute Gasteiger partial charge is 0.266 e. The van der Waals surface area contributed by atoms with Crippen molar-refractivity contribution in [1.82, 2.24) is 8.87 Å². The van der Waals surface area contributed by atoms with Crippen molar-refractivity contribution in [3.8, 4) is 11.4 Å². The molecule has 8 nitrogen and oxygen atoms in total. The molecule has 0 bridgehead atoms. The maximum absolute atomic E-state index is 12.9. The van der Waals surface area contributed by atoms with Crippen molar-refractivity contribution in [3.05, 3.63) is 40.7 Å². The van der Waals surface area contributed by atoms with Gasteiger partial charge in [0.25, 0.3) is 5.91 Å². The van der Waals surface area contributed by atoms with Crippen molar-refractivity contribution in [3.63, 3.8) is 0 Å². The summed E-state index contributed by atoms with van der Waals surface area (Å²) < 4.78 is 28.5. The van der Waals surface area contributed by atoms with Gasteiger partial charge in [-0.2, -0.15) is 4.31 Å². The number of ketones is 1. The molecule has 0 saturated heterocycles. The van der Waals surface area contributed by atoms with Crippen LogP contribution in [-0.4, -0.2) is 47.2 Å². The summed E-state index contributed by atoms with van der Waals surface area (Å²) in [5.74, 6) is -1.25. The number of rotatable bonds is 8. The summed E-state index contributed by atoms with van der Waals surface area (Å²) in [6.07, 6.45) is 0.374. The number of hydrogen-bond acceptors (Lipinski definition) is 5. The number of primary amides is 1. The SMILES string of the molecule is CCc1c(C(C)=O)c(C)n(-c2cc(S(=O)(=O)N(CC)CC)ccc2O)c1C(N)=O. The number of nitrogens with zero attached hydrogens (tertiary/aromatic N) is 2. The monoisotopic (exact) mass is 421 g/mol. The minimum atomic E-state index is -3.79. The third-order valence-corrected chi connectivity index (χ3v) is 7.02. The highest BCUT2D eigenvalue weighted by Crippen LogP contribution is 2.33. The van der Waals surface area contributed by atoms with E-state index >= 15 is 0 Å². The highest BCUT2D eigenvalue weighted by atomic mass is 32.2. The van der Waals surface area contributed by atoms with Crippen molar-refractivity contribution in [2.45, 2.75) is 45.9 Å². The van der Waals surface area contributed by atoms with Gasteiger partial charge in [-0.15, -0.1) is 0 Å². The zero-order valence-electron chi connectivity index (χ0n) is 17.3. The van der Waals surface area contributed by atoms with Crippen LogP contribution in [0.5, 0.6) is 5.75 Å².